The van der Waals surface area contributed by atoms with Crippen LogP contribution in [-0.4, -0.2) is 32.8 Å². The number of hydrogen-bond donors (Lipinski definition) is 3. The molecule has 0 saturated heterocycles. The number of nitrogens with one attached hydrogen (secondary N) is 2. The lowest BCUT2D eigenvalue weighted by Crippen LogP contribution is -2.53. The molecule has 7 nitrogen and oxygen atoms in total. The Morgan fingerprint density at radius 1 is 1.33 bits per heavy atom. The van der Waals surface area contributed by atoms with Gasteiger partial charge in [-0.1, -0.05) is 38.0 Å². The van der Waals surface area contributed by atoms with Gasteiger partial charge in [0.2, 0.25) is 5.13 Å². The minimum Gasteiger partial charge on any atom is -0.480 e. The quantitative estimate of drug-likeness (QED) is 0.773. The summed E-state index contributed by atoms with van der Waals surface area (Å²) in [6.45, 7) is 4.16. The van der Waals surface area contributed by atoms with Crippen molar-refractivity contribution in [2.75, 3.05) is 5.32 Å². The maximum atomic E-state index is 12.0. The van der Waals surface area contributed by atoms with Gasteiger partial charge < -0.3 is 10.4 Å². The number of urea groups is 1. The van der Waals surface area contributed by atoms with Gasteiger partial charge in [0, 0.05) is 6.42 Å². The first-order valence-corrected chi connectivity index (χ1v) is 7.88. The van der Waals surface area contributed by atoms with Crippen LogP contribution in [0, 0.1) is 5.92 Å². The summed E-state index contributed by atoms with van der Waals surface area (Å²) in [4.78, 5) is 23.3. The number of nitrogens with zero attached hydrogens (tertiary/aromatic N) is 2. The molecule has 0 aliphatic heterocycles. The number of anilines is 1. The van der Waals surface area contributed by atoms with E-state index < -0.39 is 17.5 Å². The van der Waals surface area contributed by atoms with E-state index in [1.54, 1.807) is 0 Å². The second kappa shape index (κ2) is 6.38. The zero-order valence-electron chi connectivity index (χ0n) is 12.2. The first-order valence-electron chi connectivity index (χ1n) is 7.06. The predicted molar refractivity (Wildman–Crippen MR) is 79.4 cm³/mol. The highest BCUT2D eigenvalue weighted by Crippen LogP contribution is 2.30. The molecule has 1 saturated carbocycles. The summed E-state index contributed by atoms with van der Waals surface area (Å²) in [6, 6.07) is -0.536. The first kappa shape index (κ1) is 15.7. The third kappa shape index (κ3) is 3.90. The topological polar surface area (TPSA) is 104 Å². The standard InChI is InChI=1S/C13H20N4O3S/c1-8(2)7-9-16-17-12(21-9)14-11(20)15-13(10(18)19)5-3-4-6-13/h8H,3-7H2,1-2H3,(H,18,19)(H2,14,15,17,20). The highest BCUT2D eigenvalue weighted by atomic mass is 32.1. The van der Waals surface area contributed by atoms with Crippen molar-refractivity contribution in [2.45, 2.75) is 51.5 Å². The lowest BCUT2D eigenvalue weighted by molar-refractivity contribution is -0.144. The Balaban J connectivity index is 1.95. The van der Waals surface area contributed by atoms with E-state index in [4.69, 9.17) is 0 Å². The van der Waals surface area contributed by atoms with Gasteiger partial charge in [-0.15, -0.1) is 10.2 Å². The maximum absolute atomic E-state index is 12.0. The van der Waals surface area contributed by atoms with E-state index >= 15 is 0 Å². The molecule has 0 radical (unpaired) electrons. The number of carboxylic acid groups (broad SMARTS) is 1. The summed E-state index contributed by atoms with van der Waals surface area (Å²) in [5.41, 5.74) is -1.14. The molecule has 0 spiro atoms. The summed E-state index contributed by atoms with van der Waals surface area (Å²) < 4.78 is 0. The van der Waals surface area contributed by atoms with Gasteiger partial charge in [-0.25, -0.2) is 9.59 Å². The van der Waals surface area contributed by atoms with Gasteiger partial charge in [-0.05, 0) is 18.8 Å². The molecule has 0 bridgehead atoms. The van der Waals surface area contributed by atoms with Crippen LogP contribution in [0.1, 0.15) is 44.5 Å². The van der Waals surface area contributed by atoms with E-state index in [0.717, 1.165) is 24.3 Å². The molecular formula is C13H20N4O3S. The molecule has 0 unspecified atom stereocenters. The lowest BCUT2D eigenvalue weighted by Gasteiger charge is -2.24. The summed E-state index contributed by atoms with van der Waals surface area (Å²) in [7, 11) is 0. The van der Waals surface area contributed by atoms with Crippen molar-refractivity contribution >= 4 is 28.5 Å². The second-order valence-corrected chi connectivity index (χ2v) is 6.83. The van der Waals surface area contributed by atoms with Crippen LogP contribution in [0.2, 0.25) is 0 Å². The van der Waals surface area contributed by atoms with E-state index in [1.807, 2.05) is 0 Å². The first-order chi connectivity index (χ1) is 9.91. The van der Waals surface area contributed by atoms with Crippen molar-refractivity contribution in [3.05, 3.63) is 5.01 Å². The van der Waals surface area contributed by atoms with Gasteiger partial charge in [0.1, 0.15) is 10.5 Å². The molecular weight excluding hydrogens is 292 g/mol. The van der Waals surface area contributed by atoms with Crippen molar-refractivity contribution in [3.8, 4) is 0 Å². The molecule has 21 heavy (non-hydrogen) atoms. The van der Waals surface area contributed by atoms with Crippen LogP contribution in [0.3, 0.4) is 0 Å². The van der Waals surface area contributed by atoms with Gasteiger partial charge in [-0.2, -0.15) is 0 Å². The molecule has 1 fully saturated rings. The third-order valence-corrected chi connectivity index (χ3v) is 4.35. The minimum absolute atomic E-state index is 0.390. The number of carbonyl (C=O) groups is 2. The monoisotopic (exact) mass is 312 g/mol. The van der Waals surface area contributed by atoms with Crippen molar-refractivity contribution < 1.29 is 14.7 Å². The second-order valence-electron chi connectivity index (χ2n) is 5.77. The highest BCUT2D eigenvalue weighted by Gasteiger charge is 2.42. The Hall–Kier alpha value is -1.70. The third-order valence-electron chi connectivity index (χ3n) is 3.49. The molecule has 1 aromatic heterocycles. The number of aromatic nitrogens is 2. The number of carbonyl (C=O) groups excluding carboxylic acids is 1. The van der Waals surface area contributed by atoms with E-state index in [1.165, 1.54) is 11.3 Å². The van der Waals surface area contributed by atoms with Crippen molar-refractivity contribution in [2.24, 2.45) is 5.92 Å². The molecule has 0 aromatic carbocycles. The Kier molecular flexibility index (Phi) is 4.76. The normalized spacial score (nSPS) is 16.9. The van der Waals surface area contributed by atoms with Crippen LogP contribution in [0.15, 0.2) is 0 Å². The van der Waals surface area contributed by atoms with E-state index in [9.17, 15) is 14.7 Å². The van der Waals surface area contributed by atoms with Crippen LogP contribution in [0.4, 0.5) is 9.93 Å². The largest absolute Gasteiger partial charge is 0.480 e. The van der Waals surface area contributed by atoms with Crippen LogP contribution < -0.4 is 10.6 Å². The molecule has 8 heteroatoms. The summed E-state index contributed by atoms with van der Waals surface area (Å²) >= 11 is 1.31. The number of rotatable bonds is 5. The molecule has 116 valence electrons. The number of aliphatic carboxylic acids is 1. The van der Waals surface area contributed by atoms with Crippen LogP contribution in [0.5, 0.6) is 0 Å². The summed E-state index contributed by atoms with van der Waals surface area (Å²) in [5, 5.41) is 23.6. The SMILES string of the molecule is CC(C)Cc1nnc(NC(=O)NC2(C(=O)O)CCCC2)s1. The fourth-order valence-electron chi connectivity index (χ4n) is 2.45. The maximum Gasteiger partial charge on any atom is 0.329 e. The van der Waals surface area contributed by atoms with Crippen LogP contribution in [-0.2, 0) is 11.2 Å². The Bertz CT molecular complexity index is 523. The zero-order chi connectivity index (χ0) is 15.5. The predicted octanol–water partition coefficient (Wildman–Crippen LogP) is 2.26. The number of carboxylic acids is 1. The minimum atomic E-state index is -1.14. The van der Waals surface area contributed by atoms with Gasteiger partial charge in [-0.3, -0.25) is 5.32 Å². The fraction of sp³-hybridized carbons (Fsp3) is 0.692. The number of amides is 2. The molecule has 1 aliphatic carbocycles. The van der Waals surface area contributed by atoms with Gasteiger partial charge in [0.25, 0.3) is 0 Å². The number of hydrogen-bond acceptors (Lipinski definition) is 5. The van der Waals surface area contributed by atoms with Gasteiger partial charge in [0.15, 0.2) is 0 Å². The zero-order valence-corrected chi connectivity index (χ0v) is 13.0. The van der Waals surface area contributed by atoms with E-state index in [2.05, 4.69) is 34.7 Å². The van der Waals surface area contributed by atoms with Gasteiger partial charge in [0.05, 0.1) is 0 Å². The lowest BCUT2D eigenvalue weighted by atomic mass is 9.98. The van der Waals surface area contributed by atoms with Crippen molar-refractivity contribution in [1.29, 1.82) is 0 Å². The van der Waals surface area contributed by atoms with Gasteiger partial charge >= 0.3 is 12.0 Å². The Labute approximate surface area is 127 Å². The van der Waals surface area contributed by atoms with Crippen LogP contribution in [0.25, 0.3) is 0 Å². The van der Waals surface area contributed by atoms with Crippen molar-refractivity contribution in [3.63, 3.8) is 0 Å². The molecule has 0 atom stereocenters. The molecule has 2 amide bonds. The fourth-order valence-corrected chi connectivity index (χ4v) is 3.40. The average molecular weight is 312 g/mol. The van der Waals surface area contributed by atoms with E-state index in [-0.39, 0.29) is 0 Å². The van der Waals surface area contributed by atoms with Crippen LogP contribution >= 0.6 is 11.3 Å². The molecule has 2 rings (SSSR count). The molecule has 1 aliphatic rings. The average Bonchev–Trinajstić information content (AvgIpc) is 2.99. The summed E-state index contributed by atoms with van der Waals surface area (Å²) in [6.07, 6.45) is 3.35. The summed E-state index contributed by atoms with van der Waals surface area (Å²) in [5.74, 6) is -0.513. The molecule has 1 aromatic rings. The van der Waals surface area contributed by atoms with Crippen molar-refractivity contribution in [1.82, 2.24) is 15.5 Å². The smallest absolute Gasteiger partial charge is 0.329 e. The molecule has 3 N–H and O–H groups in total. The Morgan fingerprint density at radius 3 is 2.57 bits per heavy atom. The van der Waals surface area contributed by atoms with E-state index in [0.29, 0.717) is 23.9 Å². The molecule has 1 heterocycles. The Morgan fingerprint density at radius 2 is 2.00 bits per heavy atom. The highest BCUT2D eigenvalue weighted by molar-refractivity contribution is 7.15.